The molecule has 1 aromatic carbocycles. The molecule has 1 aromatic rings. The number of hydrogen-bond donors (Lipinski definition) is 2. The lowest BCUT2D eigenvalue weighted by molar-refractivity contribution is -0.384. The van der Waals surface area contributed by atoms with Crippen molar-refractivity contribution in [1.29, 1.82) is 0 Å². The lowest BCUT2D eigenvalue weighted by atomic mass is 10.0. The van der Waals surface area contributed by atoms with Crippen molar-refractivity contribution in [3.05, 3.63) is 34.1 Å². The Balaban J connectivity index is 2.98. The van der Waals surface area contributed by atoms with Gasteiger partial charge in [0.2, 0.25) is 5.91 Å². The number of rotatable bonds is 4. The standard InChI is InChI=1S/C11H14FN3O3/c1-6(2)10(13)11(16)14-8-4-3-7(12)5-9(8)15(17)18/h3-6,10H,13H2,1-2H3,(H,14,16). The molecule has 0 aliphatic carbocycles. The lowest BCUT2D eigenvalue weighted by Crippen LogP contribution is -2.39. The van der Waals surface area contributed by atoms with Gasteiger partial charge in [-0.2, -0.15) is 0 Å². The van der Waals surface area contributed by atoms with Crippen molar-refractivity contribution < 1.29 is 14.1 Å². The zero-order chi connectivity index (χ0) is 13.9. The van der Waals surface area contributed by atoms with Crippen LogP contribution in [0.1, 0.15) is 13.8 Å². The van der Waals surface area contributed by atoms with Crippen LogP contribution in [-0.4, -0.2) is 16.9 Å². The highest BCUT2D eigenvalue weighted by Gasteiger charge is 2.21. The topological polar surface area (TPSA) is 98.3 Å². The predicted molar refractivity (Wildman–Crippen MR) is 64.5 cm³/mol. The molecule has 1 unspecified atom stereocenters. The van der Waals surface area contributed by atoms with E-state index in [1.807, 2.05) is 0 Å². The highest BCUT2D eigenvalue weighted by molar-refractivity contribution is 5.96. The number of nitro groups is 1. The summed E-state index contributed by atoms with van der Waals surface area (Å²) in [5.41, 5.74) is 5.04. The Morgan fingerprint density at radius 1 is 1.50 bits per heavy atom. The van der Waals surface area contributed by atoms with Crippen LogP contribution in [0.4, 0.5) is 15.8 Å². The summed E-state index contributed by atoms with van der Waals surface area (Å²) in [5, 5.41) is 13.0. The van der Waals surface area contributed by atoms with Crippen LogP contribution in [0.2, 0.25) is 0 Å². The number of nitrogens with one attached hydrogen (secondary N) is 1. The summed E-state index contributed by atoms with van der Waals surface area (Å²) in [6, 6.07) is 2.13. The molecule has 0 fully saturated rings. The molecule has 1 atom stereocenters. The third-order valence-electron chi connectivity index (χ3n) is 2.44. The largest absolute Gasteiger partial charge is 0.320 e. The number of nitrogens with two attached hydrogens (primary N) is 1. The normalized spacial score (nSPS) is 12.3. The average molecular weight is 255 g/mol. The Kier molecular flexibility index (Phi) is 4.33. The van der Waals surface area contributed by atoms with Crippen LogP contribution in [0.15, 0.2) is 18.2 Å². The molecular weight excluding hydrogens is 241 g/mol. The first kappa shape index (κ1) is 14.0. The first-order chi connectivity index (χ1) is 8.32. The Hall–Kier alpha value is -2.02. The number of anilines is 1. The van der Waals surface area contributed by atoms with Gasteiger partial charge in [-0.05, 0) is 18.1 Å². The van der Waals surface area contributed by atoms with Gasteiger partial charge >= 0.3 is 0 Å². The summed E-state index contributed by atoms with van der Waals surface area (Å²) in [5.74, 6) is -1.39. The van der Waals surface area contributed by atoms with Gasteiger partial charge in [0.15, 0.2) is 0 Å². The second kappa shape index (κ2) is 5.54. The highest BCUT2D eigenvalue weighted by atomic mass is 19.1. The van der Waals surface area contributed by atoms with Crippen LogP contribution in [-0.2, 0) is 4.79 Å². The molecule has 1 rings (SSSR count). The average Bonchev–Trinajstić information content (AvgIpc) is 2.29. The minimum absolute atomic E-state index is 0.0671. The molecule has 0 heterocycles. The Labute approximate surface area is 103 Å². The summed E-state index contributed by atoms with van der Waals surface area (Å²) in [4.78, 5) is 21.6. The molecular formula is C11H14FN3O3. The summed E-state index contributed by atoms with van der Waals surface area (Å²) in [6.45, 7) is 3.51. The zero-order valence-corrected chi connectivity index (χ0v) is 10.0. The molecule has 0 aliphatic heterocycles. The van der Waals surface area contributed by atoms with Crippen molar-refractivity contribution in [2.45, 2.75) is 19.9 Å². The summed E-state index contributed by atoms with van der Waals surface area (Å²) in [6.07, 6.45) is 0. The first-order valence-electron chi connectivity index (χ1n) is 5.33. The number of benzene rings is 1. The van der Waals surface area contributed by atoms with E-state index in [2.05, 4.69) is 5.32 Å². The van der Waals surface area contributed by atoms with Crippen LogP contribution >= 0.6 is 0 Å². The number of nitrogens with zero attached hydrogens (tertiary/aromatic N) is 1. The van der Waals surface area contributed by atoms with E-state index in [1.165, 1.54) is 0 Å². The van der Waals surface area contributed by atoms with E-state index in [4.69, 9.17) is 5.73 Å². The van der Waals surface area contributed by atoms with Crippen LogP contribution in [0.3, 0.4) is 0 Å². The van der Waals surface area contributed by atoms with Crippen LogP contribution in [0.25, 0.3) is 0 Å². The molecule has 0 aliphatic rings. The second-order valence-electron chi connectivity index (χ2n) is 4.18. The van der Waals surface area contributed by atoms with Gasteiger partial charge in [0.1, 0.15) is 11.5 Å². The maximum absolute atomic E-state index is 12.9. The van der Waals surface area contributed by atoms with Crippen molar-refractivity contribution in [1.82, 2.24) is 0 Å². The van der Waals surface area contributed by atoms with Crippen molar-refractivity contribution in [3.8, 4) is 0 Å². The quantitative estimate of drug-likeness (QED) is 0.631. The third kappa shape index (κ3) is 3.24. The van der Waals surface area contributed by atoms with Crippen molar-refractivity contribution in [3.63, 3.8) is 0 Å². The van der Waals surface area contributed by atoms with Gasteiger partial charge in [-0.15, -0.1) is 0 Å². The van der Waals surface area contributed by atoms with Gasteiger partial charge in [-0.3, -0.25) is 14.9 Å². The fraction of sp³-hybridized carbons (Fsp3) is 0.364. The van der Waals surface area contributed by atoms with E-state index in [0.29, 0.717) is 0 Å². The number of amides is 1. The molecule has 3 N–H and O–H groups in total. The van der Waals surface area contributed by atoms with Gasteiger partial charge in [-0.25, -0.2) is 4.39 Å². The number of nitro benzene ring substituents is 1. The van der Waals surface area contributed by atoms with Crippen molar-refractivity contribution in [2.75, 3.05) is 5.32 Å². The number of halogens is 1. The maximum Gasteiger partial charge on any atom is 0.295 e. The summed E-state index contributed by atoms with van der Waals surface area (Å²) in [7, 11) is 0. The Bertz CT molecular complexity index is 477. The maximum atomic E-state index is 12.9. The molecule has 0 bridgehead atoms. The van der Waals surface area contributed by atoms with Crippen LogP contribution in [0, 0.1) is 21.8 Å². The van der Waals surface area contributed by atoms with Crippen molar-refractivity contribution >= 4 is 17.3 Å². The van der Waals surface area contributed by atoms with E-state index in [1.54, 1.807) is 13.8 Å². The van der Waals surface area contributed by atoms with Crippen LogP contribution < -0.4 is 11.1 Å². The van der Waals surface area contributed by atoms with Gasteiger partial charge < -0.3 is 11.1 Å². The number of carbonyl (C=O) groups is 1. The van der Waals surface area contributed by atoms with Gasteiger partial charge in [0.05, 0.1) is 17.0 Å². The minimum atomic E-state index is -0.783. The molecule has 0 aromatic heterocycles. The molecule has 0 saturated carbocycles. The SMILES string of the molecule is CC(C)C(N)C(=O)Nc1ccc(F)cc1[N+](=O)[O-]. The Morgan fingerprint density at radius 2 is 2.11 bits per heavy atom. The molecule has 7 heteroatoms. The second-order valence-corrected chi connectivity index (χ2v) is 4.18. The molecule has 0 radical (unpaired) electrons. The molecule has 98 valence electrons. The fourth-order valence-corrected chi connectivity index (χ4v) is 1.28. The van der Waals surface area contributed by atoms with Gasteiger partial charge in [-0.1, -0.05) is 13.8 Å². The predicted octanol–water partition coefficient (Wildman–Crippen LogP) is 1.66. The molecule has 18 heavy (non-hydrogen) atoms. The Morgan fingerprint density at radius 3 is 2.61 bits per heavy atom. The monoisotopic (exact) mass is 255 g/mol. The zero-order valence-electron chi connectivity index (χ0n) is 10.0. The summed E-state index contributed by atoms with van der Waals surface area (Å²) >= 11 is 0. The third-order valence-corrected chi connectivity index (χ3v) is 2.44. The van der Waals surface area contributed by atoms with Gasteiger partial charge in [0.25, 0.3) is 5.69 Å². The number of hydrogen-bond acceptors (Lipinski definition) is 4. The van der Waals surface area contributed by atoms with Crippen LogP contribution in [0.5, 0.6) is 0 Å². The van der Waals surface area contributed by atoms with E-state index >= 15 is 0 Å². The smallest absolute Gasteiger partial charge is 0.295 e. The fourth-order valence-electron chi connectivity index (χ4n) is 1.28. The molecule has 0 spiro atoms. The van der Waals surface area contributed by atoms with E-state index in [0.717, 1.165) is 18.2 Å². The molecule has 1 amide bonds. The molecule has 0 saturated heterocycles. The molecule has 6 nitrogen and oxygen atoms in total. The van der Waals surface area contributed by atoms with E-state index in [-0.39, 0.29) is 11.6 Å². The van der Waals surface area contributed by atoms with E-state index in [9.17, 15) is 19.3 Å². The van der Waals surface area contributed by atoms with E-state index < -0.39 is 28.4 Å². The first-order valence-corrected chi connectivity index (χ1v) is 5.33. The number of carbonyl (C=O) groups excluding carboxylic acids is 1. The summed E-state index contributed by atoms with van der Waals surface area (Å²) < 4.78 is 12.9. The lowest BCUT2D eigenvalue weighted by Gasteiger charge is -2.15. The van der Waals surface area contributed by atoms with Gasteiger partial charge in [0, 0.05) is 0 Å². The minimum Gasteiger partial charge on any atom is -0.320 e. The van der Waals surface area contributed by atoms with Crippen molar-refractivity contribution in [2.24, 2.45) is 11.7 Å². The highest BCUT2D eigenvalue weighted by Crippen LogP contribution is 2.25.